The molecule has 32 heavy (non-hydrogen) atoms. The Kier molecular flexibility index (Phi) is 6.72. The van der Waals surface area contributed by atoms with Crippen LogP contribution in [0.2, 0.25) is 0 Å². The zero-order valence-electron chi connectivity index (χ0n) is 17.6. The fraction of sp³-hybridized carbons (Fsp3) is 0.192. The van der Waals surface area contributed by atoms with Crippen LogP contribution >= 0.6 is 0 Å². The van der Waals surface area contributed by atoms with E-state index in [-0.39, 0.29) is 30.6 Å². The van der Waals surface area contributed by atoms with Crippen LogP contribution in [0.1, 0.15) is 39.9 Å². The van der Waals surface area contributed by atoms with E-state index in [1.54, 1.807) is 24.3 Å². The summed E-state index contributed by atoms with van der Waals surface area (Å²) < 4.78 is 5.84. The predicted molar refractivity (Wildman–Crippen MR) is 121 cm³/mol. The molecule has 0 aliphatic carbocycles. The average Bonchev–Trinajstić information content (AvgIpc) is 3.17. The quantitative estimate of drug-likeness (QED) is 0.551. The van der Waals surface area contributed by atoms with Crippen molar-refractivity contribution in [3.63, 3.8) is 0 Å². The lowest BCUT2D eigenvalue weighted by Gasteiger charge is -2.14. The van der Waals surface area contributed by atoms with E-state index in [2.05, 4.69) is 5.32 Å². The van der Waals surface area contributed by atoms with Gasteiger partial charge in [-0.2, -0.15) is 0 Å². The molecule has 0 saturated carbocycles. The number of imide groups is 1. The fourth-order valence-corrected chi connectivity index (χ4v) is 3.63. The molecule has 4 rings (SSSR count). The second-order valence-electron chi connectivity index (χ2n) is 7.60. The Morgan fingerprint density at radius 2 is 1.41 bits per heavy atom. The molecule has 6 heteroatoms. The zero-order valence-corrected chi connectivity index (χ0v) is 17.6. The van der Waals surface area contributed by atoms with Crippen LogP contribution in [0.15, 0.2) is 78.9 Å². The molecular formula is C26H24N2O4. The molecular weight excluding hydrogens is 404 g/mol. The molecule has 0 radical (unpaired) electrons. The Morgan fingerprint density at radius 3 is 2.09 bits per heavy atom. The van der Waals surface area contributed by atoms with E-state index in [1.807, 2.05) is 54.6 Å². The van der Waals surface area contributed by atoms with Crippen LogP contribution in [0.3, 0.4) is 0 Å². The standard InChI is InChI=1S/C26H24N2O4/c29-24-14-15-25(30)28(24)23-12-10-20(11-13-23)26(31)27-16-21-8-4-5-9-22(21)18-32-17-19-6-2-1-3-7-19/h1-13H,14-18H2,(H,27,31). The summed E-state index contributed by atoms with van der Waals surface area (Å²) in [5.74, 6) is -0.646. The highest BCUT2D eigenvalue weighted by Gasteiger charge is 2.30. The largest absolute Gasteiger partial charge is 0.372 e. The minimum Gasteiger partial charge on any atom is -0.372 e. The van der Waals surface area contributed by atoms with E-state index in [0.29, 0.717) is 31.0 Å². The molecule has 3 aromatic carbocycles. The molecule has 0 aromatic heterocycles. The van der Waals surface area contributed by atoms with Gasteiger partial charge < -0.3 is 10.1 Å². The first-order valence-corrected chi connectivity index (χ1v) is 10.5. The first-order chi connectivity index (χ1) is 15.6. The summed E-state index contributed by atoms with van der Waals surface area (Å²) in [4.78, 5) is 37.5. The first kappa shape index (κ1) is 21.5. The summed E-state index contributed by atoms with van der Waals surface area (Å²) in [7, 11) is 0. The fourth-order valence-electron chi connectivity index (χ4n) is 3.63. The lowest BCUT2D eigenvalue weighted by atomic mass is 10.1. The molecule has 3 aromatic rings. The van der Waals surface area contributed by atoms with Crippen LogP contribution in [-0.2, 0) is 34.1 Å². The highest BCUT2D eigenvalue weighted by Crippen LogP contribution is 2.22. The predicted octanol–water partition coefficient (Wildman–Crippen LogP) is 3.99. The van der Waals surface area contributed by atoms with E-state index < -0.39 is 0 Å². The summed E-state index contributed by atoms with van der Waals surface area (Å²) in [5, 5.41) is 2.93. The maximum atomic E-state index is 12.6. The molecule has 0 bridgehead atoms. The number of ether oxygens (including phenoxy) is 1. The molecule has 1 aliphatic rings. The Bertz CT molecular complexity index is 1090. The Hall–Kier alpha value is -3.77. The van der Waals surface area contributed by atoms with Gasteiger partial charge in [-0.25, -0.2) is 0 Å². The summed E-state index contributed by atoms with van der Waals surface area (Å²) >= 11 is 0. The number of rotatable bonds is 8. The molecule has 1 fully saturated rings. The maximum absolute atomic E-state index is 12.6. The molecule has 0 spiro atoms. The van der Waals surface area contributed by atoms with Gasteiger partial charge in [-0.3, -0.25) is 19.3 Å². The van der Waals surface area contributed by atoms with Crippen molar-refractivity contribution in [3.8, 4) is 0 Å². The van der Waals surface area contributed by atoms with E-state index in [1.165, 1.54) is 4.90 Å². The summed E-state index contributed by atoms with van der Waals surface area (Å²) in [5.41, 5.74) is 4.07. The van der Waals surface area contributed by atoms with Gasteiger partial charge in [-0.05, 0) is 41.0 Å². The lowest BCUT2D eigenvalue weighted by molar-refractivity contribution is -0.121. The average molecular weight is 428 g/mol. The van der Waals surface area contributed by atoms with Crippen molar-refractivity contribution in [1.29, 1.82) is 0 Å². The zero-order chi connectivity index (χ0) is 22.3. The Balaban J connectivity index is 1.34. The van der Waals surface area contributed by atoms with Crippen molar-refractivity contribution < 1.29 is 19.1 Å². The van der Waals surface area contributed by atoms with Crippen molar-refractivity contribution in [3.05, 3.63) is 101 Å². The highest BCUT2D eigenvalue weighted by atomic mass is 16.5. The van der Waals surface area contributed by atoms with Gasteiger partial charge in [0.05, 0.1) is 18.9 Å². The summed E-state index contributed by atoms with van der Waals surface area (Å²) in [6.45, 7) is 1.35. The topological polar surface area (TPSA) is 75.7 Å². The molecule has 1 heterocycles. The van der Waals surface area contributed by atoms with E-state index in [0.717, 1.165) is 16.7 Å². The molecule has 3 amide bonds. The molecule has 1 N–H and O–H groups in total. The number of carbonyl (C=O) groups is 3. The van der Waals surface area contributed by atoms with Gasteiger partial charge in [-0.15, -0.1) is 0 Å². The molecule has 0 unspecified atom stereocenters. The van der Waals surface area contributed by atoms with Crippen LogP contribution in [-0.4, -0.2) is 17.7 Å². The van der Waals surface area contributed by atoms with Crippen molar-refractivity contribution in [2.24, 2.45) is 0 Å². The van der Waals surface area contributed by atoms with Gasteiger partial charge in [0.1, 0.15) is 0 Å². The third-order valence-electron chi connectivity index (χ3n) is 5.37. The molecule has 6 nitrogen and oxygen atoms in total. The third kappa shape index (κ3) is 5.10. The summed E-state index contributed by atoms with van der Waals surface area (Å²) in [6.07, 6.45) is 0.463. The first-order valence-electron chi connectivity index (χ1n) is 10.5. The van der Waals surface area contributed by atoms with E-state index >= 15 is 0 Å². The second-order valence-corrected chi connectivity index (χ2v) is 7.60. The van der Waals surface area contributed by atoms with Crippen molar-refractivity contribution in [1.82, 2.24) is 5.32 Å². The van der Waals surface area contributed by atoms with Crippen LogP contribution in [0.5, 0.6) is 0 Å². The second kappa shape index (κ2) is 10.0. The van der Waals surface area contributed by atoms with Crippen LogP contribution in [0, 0.1) is 0 Å². The number of amides is 3. The smallest absolute Gasteiger partial charge is 0.251 e. The van der Waals surface area contributed by atoms with Gasteiger partial charge in [0, 0.05) is 24.9 Å². The lowest BCUT2D eigenvalue weighted by Crippen LogP contribution is -2.28. The van der Waals surface area contributed by atoms with Gasteiger partial charge in [0.2, 0.25) is 11.8 Å². The van der Waals surface area contributed by atoms with Gasteiger partial charge in [-0.1, -0.05) is 54.6 Å². The highest BCUT2D eigenvalue weighted by molar-refractivity contribution is 6.19. The van der Waals surface area contributed by atoms with Gasteiger partial charge in [0.25, 0.3) is 5.91 Å². The number of hydrogen-bond acceptors (Lipinski definition) is 4. The van der Waals surface area contributed by atoms with E-state index in [4.69, 9.17) is 4.74 Å². The molecule has 162 valence electrons. The third-order valence-corrected chi connectivity index (χ3v) is 5.37. The molecule has 1 saturated heterocycles. The summed E-state index contributed by atoms with van der Waals surface area (Å²) in [6, 6.07) is 24.3. The molecule has 0 atom stereocenters. The normalized spacial score (nSPS) is 13.4. The monoisotopic (exact) mass is 428 g/mol. The molecule has 1 aliphatic heterocycles. The van der Waals surface area contributed by atoms with Crippen LogP contribution < -0.4 is 10.2 Å². The van der Waals surface area contributed by atoms with Crippen molar-refractivity contribution in [2.45, 2.75) is 32.6 Å². The Labute approximate surface area is 186 Å². The Morgan fingerprint density at radius 1 is 0.781 bits per heavy atom. The number of nitrogens with one attached hydrogen (secondary N) is 1. The number of hydrogen-bond donors (Lipinski definition) is 1. The van der Waals surface area contributed by atoms with E-state index in [9.17, 15) is 14.4 Å². The minimum atomic E-state index is -0.226. The van der Waals surface area contributed by atoms with Crippen LogP contribution in [0.4, 0.5) is 5.69 Å². The number of benzene rings is 3. The number of carbonyl (C=O) groups excluding carboxylic acids is 3. The maximum Gasteiger partial charge on any atom is 0.251 e. The minimum absolute atomic E-state index is 0.210. The number of anilines is 1. The van der Waals surface area contributed by atoms with Gasteiger partial charge in [0.15, 0.2) is 0 Å². The van der Waals surface area contributed by atoms with Crippen molar-refractivity contribution >= 4 is 23.4 Å². The van der Waals surface area contributed by atoms with Crippen molar-refractivity contribution in [2.75, 3.05) is 4.90 Å². The van der Waals surface area contributed by atoms with Gasteiger partial charge >= 0.3 is 0 Å². The van der Waals surface area contributed by atoms with Crippen LogP contribution in [0.25, 0.3) is 0 Å². The number of nitrogens with zero attached hydrogens (tertiary/aromatic N) is 1. The SMILES string of the molecule is O=C(NCc1ccccc1COCc1ccccc1)c1ccc(N2C(=O)CCC2=O)cc1.